The summed E-state index contributed by atoms with van der Waals surface area (Å²) in [6, 6.07) is 20.1. The lowest BCUT2D eigenvalue weighted by atomic mass is 9.90. The van der Waals surface area contributed by atoms with Crippen LogP contribution in [0, 0.1) is 0 Å². The highest BCUT2D eigenvalue weighted by Crippen LogP contribution is 2.29. The molecule has 0 fully saturated rings. The maximum absolute atomic E-state index is 11.9. The van der Waals surface area contributed by atoms with Gasteiger partial charge in [-0.25, -0.2) is 0 Å². The first-order valence-electron chi connectivity index (χ1n) is 6.39. The van der Waals surface area contributed by atoms with E-state index < -0.39 is 0 Å². The first kappa shape index (κ1) is 11.7. The molecule has 92 valence electrons. The summed E-state index contributed by atoms with van der Waals surface area (Å²) in [4.78, 5) is 11.9. The van der Waals surface area contributed by atoms with E-state index in [1.807, 2.05) is 60.7 Å². The van der Waals surface area contributed by atoms with E-state index >= 15 is 0 Å². The Balaban J connectivity index is 2.02. The second kappa shape index (κ2) is 5.07. The largest absolute Gasteiger partial charge is 0.294 e. The number of carbonyl (C=O) groups excluding carboxylic acids is 1. The van der Waals surface area contributed by atoms with E-state index in [2.05, 4.69) is 6.08 Å². The predicted molar refractivity (Wildman–Crippen MR) is 78.5 cm³/mol. The Labute approximate surface area is 112 Å². The molecular weight excluding hydrogens is 232 g/mol. The summed E-state index contributed by atoms with van der Waals surface area (Å²) < 4.78 is 0. The number of carbonyl (C=O) groups is 1. The van der Waals surface area contributed by atoms with E-state index in [9.17, 15) is 4.79 Å². The van der Waals surface area contributed by atoms with E-state index in [1.165, 1.54) is 0 Å². The lowest BCUT2D eigenvalue weighted by Gasteiger charge is -2.13. The van der Waals surface area contributed by atoms with Crippen LogP contribution in [0.5, 0.6) is 0 Å². The van der Waals surface area contributed by atoms with Crippen molar-refractivity contribution in [2.45, 2.75) is 6.42 Å². The average Bonchev–Trinajstić information content (AvgIpc) is 2.48. The molecule has 1 heteroatoms. The molecule has 0 aromatic heterocycles. The van der Waals surface area contributed by atoms with Crippen LogP contribution in [0.15, 0.2) is 72.8 Å². The minimum atomic E-state index is 0.167. The van der Waals surface area contributed by atoms with Crippen LogP contribution in [0.3, 0.4) is 0 Å². The fraction of sp³-hybridized carbons (Fsp3) is 0.0556. The van der Waals surface area contributed by atoms with Crippen molar-refractivity contribution in [2.75, 3.05) is 0 Å². The lowest BCUT2D eigenvalue weighted by molar-refractivity contribution is -0.113. The summed E-state index contributed by atoms with van der Waals surface area (Å²) in [6.07, 6.45) is 4.34. The molecule has 0 unspecified atom stereocenters. The van der Waals surface area contributed by atoms with E-state index in [-0.39, 0.29) is 5.78 Å². The van der Waals surface area contributed by atoms with E-state index in [1.54, 1.807) is 6.08 Å². The van der Waals surface area contributed by atoms with Crippen molar-refractivity contribution in [3.63, 3.8) is 0 Å². The SMILES string of the molecule is O=C1C=C(c2ccccc2)C=C(c2ccccc2)C1. The number of rotatable bonds is 2. The van der Waals surface area contributed by atoms with Crippen molar-refractivity contribution < 1.29 is 4.79 Å². The molecule has 0 atom stereocenters. The second-order valence-corrected chi connectivity index (χ2v) is 4.64. The van der Waals surface area contributed by atoms with Gasteiger partial charge in [-0.3, -0.25) is 4.79 Å². The summed E-state index contributed by atoms with van der Waals surface area (Å²) in [5.74, 6) is 0.167. The molecule has 2 aromatic carbocycles. The molecule has 0 spiro atoms. The third kappa shape index (κ3) is 2.55. The number of hydrogen-bond acceptors (Lipinski definition) is 1. The van der Waals surface area contributed by atoms with Gasteiger partial charge >= 0.3 is 0 Å². The molecule has 0 amide bonds. The Morgan fingerprint density at radius 3 is 1.89 bits per heavy atom. The summed E-state index contributed by atoms with van der Waals surface area (Å²) in [5.41, 5.74) is 4.30. The molecule has 2 aromatic rings. The van der Waals surface area contributed by atoms with Crippen LogP contribution in [0.25, 0.3) is 11.1 Å². The minimum absolute atomic E-state index is 0.167. The Kier molecular flexibility index (Phi) is 3.11. The van der Waals surface area contributed by atoms with Gasteiger partial charge in [0.25, 0.3) is 0 Å². The smallest absolute Gasteiger partial charge is 0.160 e. The van der Waals surface area contributed by atoms with E-state index in [0.717, 1.165) is 22.3 Å². The highest BCUT2D eigenvalue weighted by atomic mass is 16.1. The molecule has 1 aliphatic carbocycles. The number of ketones is 1. The molecule has 0 N–H and O–H groups in total. The van der Waals surface area contributed by atoms with Gasteiger partial charge < -0.3 is 0 Å². The van der Waals surface area contributed by atoms with Crippen LogP contribution in [-0.4, -0.2) is 5.78 Å². The summed E-state index contributed by atoms with van der Waals surface area (Å²) in [6.45, 7) is 0. The van der Waals surface area contributed by atoms with Crippen molar-refractivity contribution in [1.29, 1.82) is 0 Å². The zero-order valence-electron chi connectivity index (χ0n) is 10.5. The summed E-state index contributed by atoms with van der Waals surface area (Å²) >= 11 is 0. The van der Waals surface area contributed by atoms with Gasteiger partial charge in [-0.15, -0.1) is 0 Å². The van der Waals surface area contributed by atoms with Crippen molar-refractivity contribution in [3.8, 4) is 0 Å². The minimum Gasteiger partial charge on any atom is -0.294 e. The fourth-order valence-electron chi connectivity index (χ4n) is 2.33. The van der Waals surface area contributed by atoms with Crippen LogP contribution >= 0.6 is 0 Å². The van der Waals surface area contributed by atoms with Gasteiger partial charge in [0.1, 0.15) is 0 Å². The molecule has 1 nitrogen and oxygen atoms in total. The molecule has 1 aliphatic rings. The third-order valence-electron chi connectivity index (χ3n) is 3.26. The molecule has 0 bridgehead atoms. The molecular formula is C18H14O. The number of allylic oxidation sites excluding steroid dienone is 4. The fourth-order valence-corrected chi connectivity index (χ4v) is 2.33. The molecule has 0 heterocycles. The van der Waals surface area contributed by atoms with Gasteiger partial charge in [-0.05, 0) is 34.4 Å². The van der Waals surface area contributed by atoms with Crippen molar-refractivity contribution in [2.24, 2.45) is 0 Å². The van der Waals surface area contributed by atoms with Crippen molar-refractivity contribution >= 4 is 16.9 Å². The van der Waals surface area contributed by atoms with Crippen molar-refractivity contribution in [3.05, 3.63) is 83.9 Å². The van der Waals surface area contributed by atoms with Crippen molar-refractivity contribution in [1.82, 2.24) is 0 Å². The maximum atomic E-state index is 11.9. The van der Waals surface area contributed by atoms with E-state index in [4.69, 9.17) is 0 Å². The monoisotopic (exact) mass is 246 g/mol. The Bertz CT molecular complexity index is 649. The van der Waals surface area contributed by atoms with Gasteiger partial charge in [0.15, 0.2) is 5.78 Å². The molecule has 0 aliphatic heterocycles. The summed E-state index contributed by atoms with van der Waals surface area (Å²) in [5, 5.41) is 0. The maximum Gasteiger partial charge on any atom is 0.160 e. The van der Waals surface area contributed by atoms with Gasteiger partial charge in [-0.2, -0.15) is 0 Å². The Hall–Kier alpha value is -2.41. The average molecular weight is 246 g/mol. The van der Waals surface area contributed by atoms with Crippen LogP contribution in [-0.2, 0) is 4.79 Å². The second-order valence-electron chi connectivity index (χ2n) is 4.64. The van der Waals surface area contributed by atoms with Gasteiger partial charge in [0, 0.05) is 6.42 Å². The van der Waals surface area contributed by atoms with Crippen LogP contribution in [0.2, 0.25) is 0 Å². The lowest BCUT2D eigenvalue weighted by Crippen LogP contribution is -2.02. The normalized spacial score (nSPS) is 14.8. The topological polar surface area (TPSA) is 17.1 Å². The summed E-state index contributed by atoms with van der Waals surface area (Å²) in [7, 11) is 0. The van der Waals surface area contributed by atoms with Gasteiger partial charge in [0.05, 0.1) is 0 Å². The third-order valence-corrected chi connectivity index (χ3v) is 3.26. The molecule has 0 saturated carbocycles. The van der Waals surface area contributed by atoms with E-state index in [0.29, 0.717) is 6.42 Å². The standard InChI is InChI=1S/C18H14O/c19-18-12-16(14-7-3-1-4-8-14)11-17(13-18)15-9-5-2-6-10-15/h1-12H,13H2. The van der Waals surface area contributed by atoms with Crippen LogP contribution in [0.1, 0.15) is 17.5 Å². The molecule has 0 radical (unpaired) electrons. The molecule has 3 rings (SSSR count). The first-order chi connectivity index (χ1) is 9.33. The zero-order valence-corrected chi connectivity index (χ0v) is 10.5. The highest BCUT2D eigenvalue weighted by molar-refractivity contribution is 6.09. The first-order valence-corrected chi connectivity index (χ1v) is 6.39. The predicted octanol–water partition coefficient (Wildman–Crippen LogP) is 4.13. The van der Waals surface area contributed by atoms with Crippen LogP contribution < -0.4 is 0 Å². The quantitative estimate of drug-likeness (QED) is 0.778. The van der Waals surface area contributed by atoms with Crippen LogP contribution in [0.4, 0.5) is 0 Å². The Morgan fingerprint density at radius 2 is 1.26 bits per heavy atom. The number of hydrogen-bond donors (Lipinski definition) is 0. The van der Waals surface area contributed by atoms with Gasteiger partial charge in [-0.1, -0.05) is 60.7 Å². The molecule has 0 saturated heterocycles. The number of benzene rings is 2. The molecule has 19 heavy (non-hydrogen) atoms. The van der Waals surface area contributed by atoms with Gasteiger partial charge in [0.2, 0.25) is 0 Å². The zero-order chi connectivity index (χ0) is 13.1. The Morgan fingerprint density at radius 1 is 0.684 bits per heavy atom. The highest BCUT2D eigenvalue weighted by Gasteiger charge is 2.14.